The molecule has 0 N–H and O–H groups in total. The van der Waals surface area contributed by atoms with Crippen molar-refractivity contribution >= 4 is 23.6 Å². The lowest BCUT2D eigenvalue weighted by molar-refractivity contribution is -0.384. The molecule has 6 nitrogen and oxygen atoms in total. The summed E-state index contributed by atoms with van der Waals surface area (Å²) in [5, 5.41) is 10.6. The Morgan fingerprint density at radius 1 is 1.17 bits per heavy atom. The van der Waals surface area contributed by atoms with E-state index in [1.54, 1.807) is 42.6 Å². The molecular formula is C17H14N2O4. The maximum Gasteiger partial charge on any atom is 0.330 e. The number of nitrogens with zero attached hydrogens (tertiary/aromatic N) is 2. The minimum atomic E-state index is -0.467. The number of hydrogen-bond donors (Lipinski definition) is 0. The maximum absolute atomic E-state index is 11.0. The molecule has 0 aliphatic carbocycles. The van der Waals surface area contributed by atoms with Gasteiger partial charge in [-0.1, -0.05) is 18.7 Å². The first-order chi connectivity index (χ1) is 11.1. The molecule has 0 saturated heterocycles. The predicted octanol–water partition coefficient (Wildman–Crippen LogP) is 3.57. The van der Waals surface area contributed by atoms with Gasteiger partial charge in [-0.05, 0) is 35.4 Å². The van der Waals surface area contributed by atoms with Gasteiger partial charge < -0.3 is 4.74 Å². The van der Waals surface area contributed by atoms with E-state index in [-0.39, 0.29) is 12.3 Å². The molecule has 0 aliphatic heterocycles. The zero-order valence-corrected chi connectivity index (χ0v) is 12.2. The largest absolute Gasteiger partial charge is 0.458 e. The average Bonchev–Trinajstić information content (AvgIpc) is 2.59. The third-order valence-corrected chi connectivity index (χ3v) is 2.95. The first-order valence-corrected chi connectivity index (χ1v) is 6.75. The zero-order chi connectivity index (χ0) is 16.7. The Balaban J connectivity index is 1.98. The van der Waals surface area contributed by atoms with Crippen LogP contribution in [-0.4, -0.2) is 17.1 Å². The Morgan fingerprint density at radius 2 is 1.83 bits per heavy atom. The van der Waals surface area contributed by atoms with E-state index in [1.807, 2.05) is 0 Å². The lowest BCUT2D eigenvalue weighted by Crippen LogP contribution is -1.99. The Labute approximate surface area is 132 Å². The zero-order valence-electron chi connectivity index (χ0n) is 12.2. The molecule has 0 spiro atoms. The second kappa shape index (κ2) is 7.65. The highest BCUT2D eigenvalue weighted by molar-refractivity contribution is 5.82. The van der Waals surface area contributed by atoms with Crippen molar-refractivity contribution in [3.63, 3.8) is 0 Å². The fourth-order valence-corrected chi connectivity index (χ4v) is 1.72. The van der Waals surface area contributed by atoms with Crippen LogP contribution in [-0.2, 0) is 16.1 Å². The van der Waals surface area contributed by atoms with Gasteiger partial charge in [0.05, 0.1) is 10.6 Å². The second-order valence-electron chi connectivity index (χ2n) is 4.59. The van der Waals surface area contributed by atoms with E-state index in [0.717, 1.165) is 22.9 Å². The van der Waals surface area contributed by atoms with Gasteiger partial charge in [0.15, 0.2) is 0 Å². The highest BCUT2D eigenvalue weighted by Crippen LogP contribution is 2.15. The SMILES string of the molecule is C=CC(=O)OCc1ccc(N=Cc2ccc([N+](=O)[O-])cc2)cc1. The van der Waals surface area contributed by atoms with Crippen LogP contribution in [0.3, 0.4) is 0 Å². The summed E-state index contributed by atoms with van der Waals surface area (Å²) in [7, 11) is 0. The number of rotatable bonds is 6. The van der Waals surface area contributed by atoms with E-state index < -0.39 is 10.9 Å². The molecule has 0 fully saturated rings. The summed E-state index contributed by atoms with van der Waals surface area (Å²) in [5.41, 5.74) is 2.37. The van der Waals surface area contributed by atoms with Crippen molar-refractivity contribution in [1.29, 1.82) is 0 Å². The summed E-state index contributed by atoms with van der Waals surface area (Å²) in [5.74, 6) is -0.467. The number of non-ortho nitro benzene ring substituents is 1. The molecule has 0 aromatic heterocycles. The molecule has 0 atom stereocenters. The average molecular weight is 310 g/mol. The molecule has 0 amide bonds. The van der Waals surface area contributed by atoms with Crippen LogP contribution < -0.4 is 0 Å². The summed E-state index contributed by atoms with van der Waals surface area (Å²) in [6, 6.07) is 13.3. The normalized spacial score (nSPS) is 10.4. The van der Waals surface area contributed by atoms with Crippen molar-refractivity contribution in [2.75, 3.05) is 0 Å². The summed E-state index contributed by atoms with van der Waals surface area (Å²) in [6.45, 7) is 3.50. The minimum absolute atomic E-state index is 0.0422. The first-order valence-electron chi connectivity index (χ1n) is 6.75. The van der Waals surface area contributed by atoms with Gasteiger partial charge in [-0.3, -0.25) is 15.1 Å². The monoisotopic (exact) mass is 310 g/mol. The van der Waals surface area contributed by atoms with Gasteiger partial charge in [0.25, 0.3) is 5.69 Å². The van der Waals surface area contributed by atoms with Crippen LogP contribution in [0, 0.1) is 10.1 Å². The fourth-order valence-electron chi connectivity index (χ4n) is 1.72. The number of carbonyl (C=O) groups excluding carboxylic acids is 1. The minimum Gasteiger partial charge on any atom is -0.458 e. The van der Waals surface area contributed by atoms with E-state index in [4.69, 9.17) is 4.74 Å². The molecule has 0 unspecified atom stereocenters. The first kappa shape index (κ1) is 16.1. The molecule has 0 bridgehead atoms. The van der Waals surface area contributed by atoms with Crippen LogP contribution in [0.5, 0.6) is 0 Å². The lowest BCUT2D eigenvalue weighted by atomic mass is 10.2. The number of hydrogen-bond acceptors (Lipinski definition) is 5. The van der Waals surface area contributed by atoms with Crippen LogP contribution in [0.2, 0.25) is 0 Å². The molecule has 6 heteroatoms. The van der Waals surface area contributed by atoms with E-state index >= 15 is 0 Å². The number of carbonyl (C=O) groups is 1. The second-order valence-corrected chi connectivity index (χ2v) is 4.59. The molecule has 2 rings (SSSR count). The maximum atomic E-state index is 11.0. The Bertz CT molecular complexity index is 734. The Morgan fingerprint density at radius 3 is 2.39 bits per heavy atom. The highest BCUT2D eigenvalue weighted by Gasteiger charge is 2.02. The third kappa shape index (κ3) is 4.89. The number of benzene rings is 2. The number of nitro benzene ring substituents is 1. The molecule has 0 radical (unpaired) electrons. The summed E-state index contributed by atoms with van der Waals surface area (Å²) >= 11 is 0. The van der Waals surface area contributed by atoms with E-state index in [9.17, 15) is 14.9 Å². The fraction of sp³-hybridized carbons (Fsp3) is 0.0588. The molecule has 116 valence electrons. The number of ether oxygens (including phenoxy) is 1. The van der Waals surface area contributed by atoms with Crippen molar-refractivity contribution in [2.24, 2.45) is 4.99 Å². The predicted molar refractivity (Wildman–Crippen MR) is 86.8 cm³/mol. The van der Waals surface area contributed by atoms with Gasteiger partial charge in [-0.15, -0.1) is 0 Å². The molecule has 23 heavy (non-hydrogen) atoms. The van der Waals surface area contributed by atoms with Crippen molar-refractivity contribution in [1.82, 2.24) is 0 Å². The lowest BCUT2D eigenvalue weighted by Gasteiger charge is -2.02. The van der Waals surface area contributed by atoms with Gasteiger partial charge in [0.1, 0.15) is 6.61 Å². The van der Waals surface area contributed by atoms with Crippen molar-refractivity contribution in [2.45, 2.75) is 6.61 Å². The number of esters is 1. The molecule has 0 aliphatic rings. The summed E-state index contributed by atoms with van der Waals surface area (Å²) < 4.78 is 4.93. The van der Waals surface area contributed by atoms with E-state index in [2.05, 4.69) is 11.6 Å². The third-order valence-electron chi connectivity index (χ3n) is 2.95. The van der Waals surface area contributed by atoms with Crippen LogP contribution >= 0.6 is 0 Å². The van der Waals surface area contributed by atoms with Crippen molar-refractivity contribution < 1.29 is 14.5 Å². The topological polar surface area (TPSA) is 81.8 Å². The summed E-state index contributed by atoms with van der Waals surface area (Å²) in [4.78, 5) is 25.4. The molecule has 2 aromatic rings. The smallest absolute Gasteiger partial charge is 0.330 e. The molecule has 2 aromatic carbocycles. The van der Waals surface area contributed by atoms with Gasteiger partial charge >= 0.3 is 5.97 Å². The van der Waals surface area contributed by atoms with E-state index in [1.165, 1.54) is 12.1 Å². The molecular weight excluding hydrogens is 296 g/mol. The standard InChI is InChI=1S/C17H14N2O4/c1-2-17(20)23-12-14-3-7-15(8-4-14)18-11-13-5-9-16(10-6-13)19(21)22/h2-11H,1,12H2. The van der Waals surface area contributed by atoms with Gasteiger partial charge in [-0.2, -0.15) is 0 Å². The van der Waals surface area contributed by atoms with Crippen LogP contribution in [0.4, 0.5) is 11.4 Å². The number of aliphatic imine (C=N–C) groups is 1. The van der Waals surface area contributed by atoms with Gasteiger partial charge in [-0.25, -0.2) is 4.79 Å². The van der Waals surface area contributed by atoms with Crippen LogP contribution in [0.25, 0.3) is 0 Å². The number of nitro groups is 1. The summed E-state index contributed by atoms with van der Waals surface area (Å²) in [6.07, 6.45) is 2.74. The van der Waals surface area contributed by atoms with Crippen LogP contribution in [0.15, 0.2) is 66.2 Å². The molecule has 0 saturated carbocycles. The van der Waals surface area contributed by atoms with Gasteiger partial charge in [0.2, 0.25) is 0 Å². The molecule has 0 heterocycles. The van der Waals surface area contributed by atoms with Crippen LogP contribution in [0.1, 0.15) is 11.1 Å². The van der Waals surface area contributed by atoms with E-state index in [0.29, 0.717) is 0 Å². The van der Waals surface area contributed by atoms with Crippen molar-refractivity contribution in [3.8, 4) is 0 Å². The Hall–Kier alpha value is -3.28. The van der Waals surface area contributed by atoms with Crippen molar-refractivity contribution in [3.05, 3.63) is 82.4 Å². The quantitative estimate of drug-likeness (QED) is 0.268. The Kier molecular flexibility index (Phi) is 5.35. The van der Waals surface area contributed by atoms with Gasteiger partial charge in [0, 0.05) is 24.4 Å². The highest BCUT2D eigenvalue weighted by atomic mass is 16.6.